The van der Waals surface area contributed by atoms with Crippen molar-refractivity contribution in [1.29, 1.82) is 0 Å². The third kappa shape index (κ3) is 4.45. The van der Waals surface area contributed by atoms with E-state index in [-0.39, 0.29) is 27.6 Å². The van der Waals surface area contributed by atoms with Crippen LogP contribution in [0.5, 0.6) is 0 Å². The average molecular weight is 416 g/mol. The third-order valence-electron chi connectivity index (χ3n) is 5.36. The molecule has 0 radical (unpaired) electrons. The van der Waals surface area contributed by atoms with Gasteiger partial charge in [0, 0.05) is 5.69 Å². The van der Waals surface area contributed by atoms with Gasteiger partial charge in [-0.3, -0.25) is 4.79 Å². The van der Waals surface area contributed by atoms with Crippen molar-refractivity contribution in [3.63, 3.8) is 0 Å². The second-order valence-electron chi connectivity index (χ2n) is 7.76. The molecule has 1 aliphatic carbocycles. The van der Waals surface area contributed by atoms with E-state index < -0.39 is 0 Å². The summed E-state index contributed by atoms with van der Waals surface area (Å²) >= 11 is 11.5. The van der Waals surface area contributed by atoms with Crippen LogP contribution in [0.2, 0.25) is 0 Å². The van der Waals surface area contributed by atoms with E-state index in [4.69, 9.17) is 23.2 Å². The van der Waals surface area contributed by atoms with E-state index in [1.165, 1.54) is 0 Å². The van der Waals surface area contributed by atoms with Gasteiger partial charge in [0.25, 0.3) is 0 Å². The fraction of sp³-hybridized carbons (Fsp3) is 0.318. The Balaban J connectivity index is 1.71. The van der Waals surface area contributed by atoms with E-state index in [9.17, 15) is 4.79 Å². The summed E-state index contributed by atoms with van der Waals surface area (Å²) < 4.78 is 0.202. The zero-order valence-electron chi connectivity index (χ0n) is 16.3. The molecule has 1 fully saturated rings. The van der Waals surface area contributed by atoms with Gasteiger partial charge in [-0.1, -0.05) is 55.2 Å². The highest BCUT2D eigenvalue weighted by Gasteiger charge is 2.60. The van der Waals surface area contributed by atoms with Gasteiger partial charge >= 0.3 is 0 Å². The summed E-state index contributed by atoms with van der Waals surface area (Å²) in [5.74, 6) is -0.141. The summed E-state index contributed by atoms with van der Waals surface area (Å²) in [5, 5.41) is 11.6. The maximum atomic E-state index is 12.7. The fourth-order valence-electron chi connectivity index (χ4n) is 3.47. The molecule has 0 unspecified atom stereocenters. The number of halogens is 2. The Hall–Kier alpha value is -2.17. The van der Waals surface area contributed by atoms with E-state index in [0.29, 0.717) is 0 Å². The number of hydrogen-bond donors (Lipinski definition) is 1. The van der Waals surface area contributed by atoms with Gasteiger partial charge in [0.2, 0.25) is 5.91 Å². The molecule has 2 aromatic carbocycles. The van der Waals surface area contributed by atoms with Crippen LogP contribution >= 0.6 is 23.2 Å². The van der Waals surface area contributed by atoms with Crippen molar-refractivity contribution in [3.05, 3.63) is 64.2 Å². The zero-order chi connectivity index (χ0) is 20.5. The van der Waals surface area contributed by atoms with Crippen molar-refractivity contribution in [2.45, 2.75) is 27.7 Å². The maximum absolute atomic E-state index is 12.7. The highest BCUT2D eigenvalue weighted by Crippen LogP contribution is 2.60. The van der Waals surface area contributed by atoms with Crippen molar-refractivity contribution in [2.24, 2.45) is 27.5 Å². The second-order valence-corrected chi connectivity index (χ2v) is 8.76. The number of carbonyl (C=O) groups is 1. The number of benzene rings is 2. The summed E-state index contributed by atoms with van der Waals surface area (Å²) in [6.45, 7) is 8.01. The highest BCUT2D eigenvalue weighted by atomic mass is 35.5. The summed E-state index contributed by atoms with van der Waals surface area (Å²) in [6, 6.07) is 13.4. The monoisotopic (exact) mass is 415 g/mol. The number of aryl methyl sites for hydroxylation is 2. The number of nitrogens with zero attached hydrogens (tertiary/aromatic N) is 2. The van der Waals surface area contributed by atoms with E-state index in [0.717, 1.165) is 28.2 Å². The first-order valence-corrected chi connectivity index (χ1v) is 9.87. The number of carbonyl (C=O) groups excluding carboxylic acids is 1. The topological polar surface area (TPSA) is 53.8 Å². The lowest BCUT2D eigenvalue weighted by Gasteiger charge is -2.09. The van der Waals surface area contributed by atoms with Crippen molar-refractivity contribution in [2.75, 3.05) is 5.32 Å². The van der Waals surface area contributed by atoms with Crippen molar-refractivity contribution >= 4 is 46.2 Å². The SMILES string of the molecule is Cc1ccccc1N=Nc1ccc(NC(=O)[C@@H]2[C@@H](C=C(Cl)Cl)C2(C)C)c(C)c1. The van der Waals surface area contributed by atoms with Crippen LogP contribution in [0.3, 0.4) is 0 Å². The quantitative estimate of drug-likeness (QED) is 0.513. The van der Waals surface area contributed by atoms with Crippen LogP contribution in [-0.2, 0) is 4.79 Å². The number of allylic oxidation sites excluding steroid dienone is 1. The maximum Gasteiger partial charge on any atom is 0.228 e. The first-order valence-electron chi connectivity index (χ1n) is 9.12. The average Bonchev–Trinajstić information content (AvgIpc) is 3.15. The van der Waals surface area contributed by atoms with Crippen LogP contribution in [0.4, 0.5) is 17.1 Å². The molecule has 0 aliphatic heterocycles. The van der Waals surface area contributed by atoms with Gasteiger partial charge in [-0.05, 0) is 66.6 Å². The number of azo groups is 1. The van der Waals surface area contributed by atoms with Crippen LogP contribution < -0.4 is 5.32 Å². The standard InChI is InChI=1S/C22H23Cl2N3O/c1-13-7-5-6-8-18(13)27-26-15-9-10-17(14(2)11-15)25-21(28)20-16(12-19(23)24)22(20,3)4/h5-12,16,20H,1-4H3,(H,25,28)/t16-,20+/m1/s1. The fourth-order valence-corrected chi connectivity index (χ4v) is 3.74. The van der Waals surface area contributed by atoms with Gasteiger partial charge < -0.3 is 5.32 Å². The van der Waals surface area contributed by atoms with E-state index >= 15 is 0 Å². The Kier molecular flexibility index (Phi) is 5.92. The first-order chi connectivity index (χ1) is 13.2. The zero-order valence-corrected chi connectivity index (χ0v) is 17.8. The minimum absolute atomic E-state index is 0.0294. The van der Waals surface area contributed by atoms with Crippen LogP contribution in [0, 0.1) is 31.1 Å². The van der Waals surface area contributed by atoms with Gasteiger partial charge in [-0.25, -0.2) is 0 Å². The van der Waals surface area contributed by atoms with Crippen LogP contribution in [-0.4, -0.2) is 5.91 Å². The van der Waals surface area contributed by atoms with Gasteiger partial charge in [0.15, 0.2) is 0 Å². The molecule has 6 heteroatoms. The van der Waals surface area contributed by atoms with E-state index in [1.54, 1.807) is 6.08 Å². The predicted octanol–water partition coefficient (Wildman–Crippen LogP) is 7.25. The van der Waals surface area contributed by atoms with Gasteiger partial charge in [0.1, 0.15) is 4.49 Å². The number of rotatable bonds is 5. The highest BCUT2D eigenvalue weighted by molar-refractivity contribution is 6.55. The molecule has 2 atom stereocenters. The lowest BCUT2D eigenvalue weighted by Crippen LogP contribution is -2.17. The second kappa shape index (κ2) is 8.06. The number of anilines is 1. The Labute approximate surface area is 175 Å². The number of hydrogen-bond acceptors (Lipinski definition) is 3. The molecule has 1 aliphatic rings. The number of nitrogens with one attached hydrogen (secondary N) is 1. The molecule has 2 aromatic rings. The third-order valence-corrected chi connectivity index (χ3v) is 5.61. The van der Waals surface area contributed by atoms with Crippen molar-refractivity contribution < 1.29 is 4.79 Å². The predicted molar refractivity (Wildman–Crippen MR) is 116 cm³/mol. The molecule has 3 rings (SSSR count). The molecule has 0 bridgehead atoms. The summed E-state index contributed by atoms with van der Waals surface area (Å²) in [5.41, 5.74) is 4.18. The Morgan fingerprint density at radius 1 is 1.07 bits per heavy atom. The molecular weight excluding hydrogens is 393 g/mol. The van der Waals surface area contributed by atoms with Crippen LogP contribution in [0.1, 0.15) is 25.0 Å². The normalized spacial score (nSPS) is 20.1. The molecule has 1 amide bonds. The Morgan fingerprint density at radius 3 is 2.43 bits per heavy atom. The van der Waals surface area contributed by atoms with E-state index in [2.05, 4.69) is 15.5 Å². The van der Waals surface area contributed by atoms with Gasteiger partial charge in [-0.2, -0.15) is 10.2 Å². The summed E-state index contributed by atoms with van der Waals surface area (Å²) in [4.78, 5) is 12.7. The molecule has 0 aromatic heterocycles. The Morgan fingerprint density at radius 2 is 1.79 bits per heavy atom. The molecule has 1 saturated carbocycles. The molecular formula is C22H23Cl2N3O. The molecule has 0 heterocycles. The molecule has 0 saturated heterocycles. The molecule has 1 N–H and O–H groups in total. The summed E-state index contributed by atoms with van der Waals surface area (Å²) in [6.07, 6.45) is 1.75. The van der Waals surface area contributed by atoms with Gasteiger partial charge in [-0.15, -0.1) is 0 Å². The smallest absolute Gasteiger partial charge is 0.228 e. The first kappa shape index (κ1) is 20.6. The van der Waals surface area contributed by atoms with Crippen LogP contribution in [0.15, 0.2) is 63.3 Å². The van der Waals surface area contributed by atoms with Gasteiger partial charge in [0.05, 0.1) is 17.3 Å². The number of amides is 1. The summed E-state index contributed by atoms with van der Waals surface area (Å²) in [7, 11) is 0. The minimum Gasteiger partial charge on any atom is -0.326 e. The molecule has 28 heavy (non-hydrogen) atoms. The molecule has 4 nitrogen and oxygen atoms in total. The molecule has 0 spiro atoms. The lowest BCUT2D eigenvalue weighted by atomic mass is 10.1. The lowest BCUT2D eigenvalue weighted by molar-refractivity contribution is -0.118. The largest absolute Gasteiger partial charge is 0.326 e. The van der Waals surface area contributed by atoms with Crippen molar-refractivity contribution in [3.8, 4) is 0 Å². The minimum atomic E-state index is -0.158. The van der Waals surface area contributed by atoms with E-state index in [1.807, 2.05) is 70.2 Å². The van der Waals surface area contributed by atoms with Crippen LogP contribution in [0.25, 0.3) is 0 Å². The molecule has 146 valence electrons. The Bertz CT molecular complexity index is 962. The van der Waals surface area contributed by atoms with Crippen molar-refractivity contribution in [1.82, 2.24) is 0 Å².